The Morgan fingerprint density at radius 1 is 0.917 bits per heavy atom. The van der Waals surface area contributed by atoms with Gasteiger partial charge in [0.25, 0.3) is 0 Å². The van der Waals surface area contributed by atoms with E-state index in [9.17, 15) is 4.79 Å². The molecule has 2 N–H and O–H groups in total. The Morgan fingerprint density at radius 2 is 1.62 bits per heavy atom. The van der Waals surface area contributed by atoms with Gasteiger partial charge in [-0.15, -0.1) is 0 Å². The highest BCUT2D eigenvalue weighted by atomic mass is 32.2. The number of thioether (sulfide) groups is 1. The molecular formula is C20H16N2OS. The first-order chi connectivity index (χ1) is 11.7. The van der Waals surface area contributed by atoms with Crippen molar-refractivity contribution in [3.63, 3.8) is 0 Å². The summed E-state index contributed by atoms with van der Waals surface area (Å²) < 4.78 is 0. The maximum Gasteiger partial charge on any atom is 0.320 e. The van der Waals surface area contributed by atoms with Gasteiger partial charge in [-0.25, -0.2) is 4.79 Å². The van der Waals surface area contributed by atoms with Crippen LogP contribution in [0.1, 0.15) is 16.5 Å². The van der Waals surface area contributed by atoms with Crippen molar-refractivity contribution in [3.05, 3.63) is 90.1 Å². The molecule has 0 bridgehead atoms. The van der Waals surface area contributed by atoms with Gasteiger partial charge in [0.2, 0.25) is 0 Å². The number of carbonyl (C=O) groups is 1. The van der Waals surface area contributed by atoms with Crippen molar-refractivity contribution >= 4 is 33.5 Å². The number of rotatable bonds is 2. The summed E-state index contributed by atoms with van der Waals surface area (Å²) in [4.78, 5) is 14.7. The highest BCUT2D eigenvalue weighted by Crippen LogP contribution is 2.49. The van der Waals surface area contributed by atoms with Crippen LogP contribution in [0.4, 0.5) is 4.79 Å². The van der Waals surface area contributed by atoms with Crippen molar-refractivity contribution in [2.45, 2.75) is 5.37 Å². The van der Waals surface area contributed by atoms with Gasteiger partial charge in [-0.1, -0.05) is 84.6 Å². The van der Waals surface area contributed by atoms with E-state index in [2.05, 4.69) is 24.3 Å². The second kappa shape index (κ2) is 6.06. The molecule has 0 radical (unpaired) electrons. The van der Waals surface area contributed by atoms with Gasteiger partial charge >= 0.3 is 6.03 Å². The van der Waals surface area contributed by atoms with Crippen LogP contribution in [0.5, 0.6) is 0 Å². The minimum atomic E-state index is -0.439. The number of amides is 2. The first kappa shape index (κ1) is 14.8. The second-order valence-electron chi connectivity index (χ2n) is 5.64. The molecule has 2 amide bonds. The Hall–Kier alpha value is -2.72. The number of carbonyl (C=O) groups excluding carboxylic acids is 1. The summed E-state index contributed by atoms with van der Waals surface area (Å²) in [5.41, 5.74) is 7.83. The molecule has 4 rings (SSSR count). The van der Waals surface area contributed by atoms with Gasteiger partial charge in [-0.2, -0.15) is 0 Å². The summed E-state index contributed by atoms with van der Waals surface area (Å²) in [6.07, 6.45) is 1.86. The molecule has 0 fully saturated rings. The fourth-order valence-electron chi connectivity index (χ4n) is 3.00. The van der Waals surface area contributed by atoms with Gasteiger partial charge in [0, 0.05) is 11.1 Å². The highest BCUT2D eigenvalue weighted by Gasteiger charge is 2.31. The monoisotopic (exact) mass is 332 g/mol. The van der Waals surface area contributed by atoms with E-state index in [-0.39, 0.29) is 5.37 Å². The number of urea groups is 1. The number of benzene rings is 3. The molecule has 1 aliphatic rings. The molecule has 0 saturated carbocycles. The second-order valence-corrected chi connectivity index (χ2v) is 6.77. The van der Waals surface area contributed by atoms with Crippen molar-refractivity contribution in [3.8, 4) is 0 Å². The molecule has 3 aromatic carbocycles. The Morgan fingerprint density at radius 3 is 2.42 bits per heavy atom. The summed E-state index contributed by atoms with van der Waals surface area (Å²) >= 11 is 1.65. The van der Waals surface area contributed by atoms with E-state index in [0.717, 1.165) is 26.8 Å². The number of hydrogen-bond donors (Lipinski definition) is 1. The summed E-state index contributed by atoms with van der Waals surface area (Å²) in [6.45, 7) is 0. The molecule has 118 valence electrons. The number of nitrogens with zero attached hydrogens (tertiary/aromatic N) is 1. The van der Waals surface area contributed by atoms with Crippen molar-refractivity contribution in [1.29, 1.82) is 0 Å². The van der Waals surface area contributed by atoms with Crippen LogP contribution >= 0.6 is 11.8 Å². The lowest BCUT2D eigenvalue weighted by molar-refractivity contribution is 0.223. The Balaban J connectivity index is 1.79. The molecule has 24 heavy (non-hydrogen) atoms. The van der Waals surface area contributed by atoms with Gasteiger partial charge in [0.05, 0.1) is 0 Å². The molecule has 0 aliphatic carbocycles. The zero-order valence-corrected chi connectivity index (χ0v) is 13.7. The Labute approximate surface area is 144 Å². The average Bonchev–Trinajstić information content (AvgIpc) is 3.07. The van der Waals surface area contributed by atoms with Crippen molar-refractivity contribution < 1.29 is 4.79 Å². The molecule has 1 heterocycles. The first-order valence-corrected chi connectivity index (χ1v) is 8.61. The predicted molar refractivity (Wildman–Crippen MR) is 100 cm³/mol. The molecule has 3 aromatic rings. The molecule has 0 aromatic heterocycles. The van der Waals surface area contributed by atoms with Crippen molar-refractivity contribution in [1.82, 2.24) is 4.90 Å². The third-order valence-electron chi connectivity index (χ3n) is 4.15. The summed E-state index contributed by atoms with van der Waals surface area (Å²) in [7, 11) is 0. The van der Waals surface area contributed by atoms with Gasteiger partial charge in [0.15, 0.2) is 0 Å². The summed E-state index contributed by atoms with van der Waals surface area (Å²) in [6, 6.07) is 24.0. The van der Waals surface area contributed by atoms with Gasteiger partial charge in [0.1, 0.15) is 5.37 Å². The molecular weight excluding hydrogens is 316 g/mol. The van der Waals surface area contributed by atoms with Gasteiger partial charge in [-0.05, 0) is 21.9 Å². The quantitative estimate of drug-likeness (QED) is 0.720. The van der Waals surface area contributed by atoms with Crippen molar-refractivity contribution in [2.24, 2.45) is 5.73 Å². The molecule has 1 atom stereocenters. The zero-order valence-electron chi connectivity index (χ0n) is 12.9. The maximum absolute atomic E-state index is 12.0. The average molecular weight is 332 g/mol. The van der Waals surface area contributed by atoms with E-state index >= 15 is 0 Å². The fraction of sp³-hybridized carbons (Fsp3) is 0.0500. The van der Waals surface area contributed by atoms with Crippen LogP contribution in [0.25, 0.3) is 15.7 Å². The SMILES string of the molecule is NC(=O)N1C=C(c2ccccc2)SC1c1cccc2ccccc12. The normalized spacial score (nSPS) is 17.1. The number of hydrogen-bond acceptors (Lipinski definition) is 2. The summed E-state index contributed by atoms with van der Waals surface area (Å²) in [5.74, 6) is 0. The van der Waals surface area contributed by atoms with E-state index in [1.54, 1.807) is 16.7 Å². The standard InChI is InChI=1S/C20H16N2OS/c21-20(23)22-13-18(15-8-2-1-3-9-15)24-19(22)17-12-6-10-14-7-4-5-11-16(14)17/h1-13,19H,(H2,21,23). The Bertz CT molecular complexity index is 931. The smallest absolute Gasteiger partial charge is 0.320 e. The largest absolute Gasteiger partial charge is 0.351 e. The number of primary amides is 1. The van der Waals surface area contributed by atoms with Crippen LogP contribution in [0.2, 0.25) is 0 Å². The molecule has 0 saturated heterocycles. The van der Waals surface area contributed by atoms with Gasteiger partial charge < -0.3 is 5.73 Å². The molecule has 0 spiro atoms. The van der Waals surface area contributed by atoms with Crippen LogP contribution in [-0.4, -0.2) is 10.9 Å². The predicted octanol–water partition coefficient (Wildman–Crippen LogP) is 4.96. The first-order valence-electron chi connectivity index (χ1n) is 7.73. The Kier molecular flexibility index (Phi) is 3.75. The lowest BCUT2D eigenvalue weighted by atomic mass is 10.0. The highest BCUT2D eigenvalue weighted by molar-refractivity contribution is 8.08. The fourth-order valence-corrected chi connectivity index (χ4v) is 4.30. The lowest BCUT2D eigenvalue weighted by Crippen LogP contribution is -2.31. The zero-order chi connectivity index (χ0) is 16.5. The van der Waals surface area contributed by atoms with E-state index in [0.29, 0.717) is 0 Å². The number of nitrogens with two attached hydrogens (primary N) is 1. The minimum absolute atomic E-state index is 0.149. The lowest BCUT2D eigenvalue weighted by Gasteiger charge is -2.22. The maximum atomic E-state index is 12.0. The van der Waals surface area contributed by atoms with Crippen LogP contribution < -0.4 is 5.73 Å². The van der Waals surface area contributed by atoms with Crippen LogP contribution in [0.15, 0.2) is 79.0 Å². The van der Waals surface area contributed by atoms with E-state index in [1.165, 1.54) is 0 Å². The third-order valence-corrected chi connectivity index (χ3v) is 5.45. The van der Waals surface area contributed by atoms with E-state index in [4.69, 9.17) is 5.73 Å². The van der Waals surface area contributed by atoms with E-state index in [1.807, 2.05) is 54.7 Å². The van der Waals surface area contributed by atoms with Crippen LogP contribution in [0.3, 0.4) is 0 Å². The van der Waals surface area contributed by atoms with Crippen LogP contribution in [-0.2, 0) is 0 Å². The molecule has 1 unspecified atom stereocenters. The minimum Gasteiger partial charge on any atom is -0.351 e. The molecule has 3 nitrogen and oxygen atoms in total. The molecule has 4 heteroatoms. The van der Waals surface area contributed by atoms with Gasteiger partial charge in [-0.3, -0.25) is 4.90 Å². The van der Waals surface area contributed by atoms with Crippen molar-refractivity contribution in [2.75, 3.05) is 0 Å². The third kappa shape index (κ3) is 2.55. The molecule has 1 aliphatic heterocycles. The van der Waals surface area contributed by atoms with Crippen LogP contribution in [0, 0.1) is 0 Å². The van der Waals surface area contributed by atoms with E-state index < -0.39 is 6.03 Å². The number of fused-ring (bicyclic) bond motifs is 1. The topological polar surface area (TPSA) is 46.3 Å². The summed E-state index contributed by atoms with van der Waals surface area (Å²) in [5, 5.41) is 2.16.